The van der Waals surface area contributed by atoms with Gasteiger partial charge in [0.1, 0.15) is 0 Å². The minimum Gasteiger partial charge on any atom is -0.481 e. The van der Waals surface area contributed by atoms with E-state index in [-0.39, 0.29) is 18.5 Å². The molecule has 1 heterocycles. The van der Waals surface area contributed by atoms with Crippen LogP contribution in [0, 0.1) is 5.92 Å². The molecule has 0 atom stereocenters. The zero-order valence-electron chi connectivity index (χ0n) is 13.1. The molecule has 3 rings (SSSR count). The SMILES string of the molecule is O=C(NC1CC(C(=O)O)C1)c1cnn(-c2ccc(Cl)cc2)c1C(F)(F)F. The summed E-state index contributed by atoms with van der Waals surface area (Å²) in [4.78, 5) is 23.0. The summed E-state index contributed by atoms with van der Waals surface area (Å²) in [6, 6.07) is 5.08. The van der Waals surface area contributed by atoms with Crippen molar-refractivity contribution in [1.29, 1.82) is 0 Å². The van der Waals surface area contributed by atoms with Gasteiger partial charge in [0.2, 0.25) is 0 Å². The fraction of sp³-hybridized carbons (Fsp3) is 0.312. The molecule has 1 aromatic carbocycles. The first-order chi connectivity index (χ1) is 12.2. The van der Waals surface area contributed by atoms with Gasteiger partial charge < -0.3 is 10.4 Å². The lowest BCUT2D eigenvalue weighted by Gasteiger charge is -2.32. The van der Waals surface area contributed by atoms with Crippen LogP contribution in [0.1, 0.15) is 28.9 Å². The lowest BCUT2D eigenvalue weighted by atomic mass is 9.80. The first-order valence-electron chi connectivity index (χ1n) is 7.61. The van der Waals surface area contributed by atoms with E-state index in [2.05, 4.69) is 10.4 Å². The van der Waals surface area contributed by atoms with Crippen LogP contribution in [-0.2, 0) is 11.0 Å². The van der Waals surface area contributed by atoms with Gasteiger partial charge >= 0.3 is 12.1 Å². The van der Waals surface area contributed by atoms with Gasteiger partial charge in [-0.15, -0.1) is 0 Å². The molecule has 26 heavy (non-hydrogen) atoms. The Morgan fingerprint density at radius 3 is 2.38 bits per heavy atom. The first-order valence-corrected chi connectivity index (χ1v) is 7.99. The fourth-order valence-electron chi connectivity index (χ4n) is 2.77. The molecular formula is C16H13ClF3N3O3. The number of carboxylic acids is 1. The van der Waals surface area contributed by atoms with Crippen molar-refractivity contribution in [2.75, 3.05) is 0 Å². The van der Waals surface area contributed by atoms with E-state index in [1.54, 1.807) is 0 Å². The second kappa shape index (κ2) is 6.64. The van der Waals surface area contributed by atoms with E-state index in [0.29, 0.717) is 9.70 Å². The van der Waals surface area contributed by atoms with Crippen LogP contribution in [0.5, 0.6) is 0 Å². The maximum absolute atomic E-state index is 13.5. The number of aromatic nitrogens is 2. The van der Waals surface area contributed by atoms with Crippen molar-refractivity contribution in [3.63, 3.8) is 0 Å². The second-order valence-corrected chi connectivity index (χ2v) is 6.41. The molecule has 1 aromatic heterocycles. The van der Waals surface area contributed by atoms with Crippen LogP contribution in [0.4, 0.5) is 13.2 Å². The Hall–Kier alpha value is -2.55. The van der Waals surface area contributed by atoms with Crippen LogP contribution >= 0.6 is 11.6 Å². The summed E-state index contributed by atoms with van der Waals surface area (Å²) in [6.07, 6.45) is -3.59. The van der Waals surface area contributed by atoms with Crippen LogP contribution in [0.2, 0.25) is 5.02 Å². The van der Waals surface area contributed by atoms with Gasteiger partial charge in [0.15, 0.2) is 5.69 Å². The lowest BCUT2D eigenvalue weighted by Crippen LogP contribution is -2.47. The Morgan fingerprint density at radius 2 is 1.85 bits per heavy atom. The standard InChI is InChI=1S/C16H13ClF3N3O3/c17-9-1-3-11(4-2-9)23-13(16(18,19)20)12(7-21-23)14(24)22-10-5-8(6-10)15(25)26/h1-4,7-8,10H,5-6H2,(H,22,24)(H,25,26). The molecule has 0 spiro atoms. The largest absolute Gasteiger partial charge is 0.481 e. The molecule has 6 nitrogen and oxygen atoms in total. The van der Waals surface area contributed by atoms with Gasteiger partial charge in [0, 0.05) is 11.1 Å². The number of hydrogen-bond donors (Lipinski definition) is 2. The van der Waals surface area contributed by atoms with E-state index in [0.717, 1.165) is 6.20 Å². The summed E-state index contributed by atoms with van der Waals surface area (Å²) in [5, 5.41) is 15.3. The smallest absolute Gasteiger partial charge is 0.434 e. The van der Waals surface area contributed by atoms with Gasteiger partial charge in [-0.05, 0) is 37.1 Å². The molecule has 2 aromatic rings. The Kier molecular flexibility index (Phi) is 4.66. The maximum atomic E-state index is 13.5. The predicted molar refractivity (Wildman–Crippen MR) is 85.2 cm³/mol. The Labute approximate surface area is 150 Å². The fourth-order valence-corrected chi connectivity index (χ4v) is 2.89. The molecule has 1 fully saturated rings. The molecule has 2 N–H and O–H groups in total. The molecule has 1 aliphatic rings. The zero-order valence-corrected chi connectivity index (χ0v) is 13.9. The number of amides is 1. The normalized spacial score (nSPS) is 19.7. The highest BCUT2D eigenvalue weighted by atomic mass is 35.5. The van der Waals surface area contributed by atoms with Crippen molar-refractivity contribution in [2.24, 2.45) is 5.92 Å². The van der Waals surface area contributed by atoms with E-state index < -0.39 is 41.3 Å². The monoisotopic (exact) mass is 387 g/mol. The van der Waals surface area contributed by atoms with Crippen LogP contribution < -0.4 is 5.32 Å². The number of carbonyl (C=O) groups excluding carboxylic acids is 1. The molecule has 0 bridgehead atoms. The molecule has 0 unspecified atom stereocenters. The van der Waals surface area contributed by atoms with Gasteiger partial charge in [-0.3, -0.25) is 9.59 Å². The summed E-state index contributed by atoms with van der Waals surface area (Å²) in [5.41, 5.74) is -1.71. The highest BCUT2D eigenvalue weighted by molar-refractivity contribution is 6.30. The van der Waals surface area contributed by atoms with Crippen molar-refractivity contribution in [3.8, 4) is 5.69 Å². The Bertz CT molecular complexity index is 843. The molecule has 0 aliphatic heterocycles. The van der Waals surface area contributed by atoms with E-state index in [1.807, 2.05) is 0 Å². The number of benzene rings is 1. The summed E-state index contributed by atoms with van der Waals surface area (Å²) in [7, 11) is 0. The zero-order chi connectivity index (χ0) is 19.1. The minimum atomic E-state index is -4.81. The van der Waals surface area contributed by atoms with Crippen LogP contribution in [0.3, 0.4) is 0 Å². The molecule has 1 amide bonds. The van der Waals surface area contributed by atoms with Crippen molar-refractivity contribution < 1.29 is 27.9 Å². The summed E-state index contributed by atoms with van der Waals surface area (Å²) < 4.78 is 41.2. The van der Waals surface area contributed by atoms with Crippen molar-refractivity contribution >= 4 is 23.5 Å². The topological polar surface area (TPSA) is 84.2 Å². The van der Waals surface area contributed by atoms with Crippen molar-refractivity contribution in [3.05, 3.63) is 46.7 Å². The summed E-state index contributed by atoms with van der Waals surface area (Å²) >= 11 is 5.74. The number of rotatable bonds is 4. The van der Waals surface area contributed by atoms with Crippen molar-refractivity contribution in [2.45, 2.75) is 25.1 Å². The van der Waals surface area contributed by atoms with Gasteiger partial charge in [-0.25, -0.2) is 4.68 Å². The molecule has 0 radical (unpaired) electrons. The number of alkyl halides is 3. The van der Waals surface area contributed by atoms with Gasteiger partial charge in [-0.2, -0.15) is 18.3 Å². The number of nitrogens with one attached hydrogen (secondary N) is 1. The highest BCUT2D eigenvalue weighted by Crippen LogP contribution is 2.34. The average molecular weight is 388 g/mol. The number of halogens is 4. The first kappa shape index (κ1) is 18.2. The van der Waals surface area contributed by atoms with Crippen molar-refractivity contribution in [1.82, 2.24) is 15.1 Å². The summed E-state index contributed by atoms with van der Waals surface area (Å²) in [5.74, 6) is -2.51. The summed E-state index contributed by atoms with van der Waals surface area (Å²) in [6.45, 7) is 0. The minimum absolute atomic E-state index is 0.107. The predicted octanol–water partition coefficient (Wildman–Crippen LogP) is 3.14. The third-order valence-electron chi connectivity index (χ3n) is 4.18. The average Bonchev–Trinajstić information content (AvgIpc) is 2.95. The van der Waals surface area contributed by atoms with E-state index in [1.165, 1.54) is 24.3 Å². The number of nitrogens with zero attached hydrogens (tertiary/aromatic N) is 2. The van der Waals surface area contributed by atoms with E-state index in [9.17, 15) is 22.8 Å². The third-order valence-corrected chi connectivity index (χ3v) is 4.43. The highest BCUT2D eigenvalue weighted by Gasteiger charge is 2.42. The quantitative estimate of drug-likeness (QED) is 0.844. The lowest BCUT2D eigenvalue weighted by molar-refractivity contribution is -0.145. The molecule has 10 heteroatoms. The van der Waals surface area contributed by atoms with Gasteiger partial charge in [0.25, 0.3) is 5.91 Å². The molecule has 0 saturated heterocycles. The number of aliphatic carboxylic acids is 1. The van der Waals surface area contributed by atoms with E-state index >= 15 is 0 Å². The molecular weight excluding hydrogens is 375 g/mol. The van der Waals surface area contributed by atoms with E-state index in [4.69, 9.17) is 16.7 Å². The Morgan fingerprint density at radius 1 is 1.23 bits per heavy atom. The molecule has 138 valence electrons. The van der Waals surface area contributed by atoms with Crippen LogP contribution in [0.25, 0.3) is 5.69 Å². The molecule has 1 aliphatic carbocycles. The number of hydrogen-bond acceptors (Lipinski definition) is 3. The van der Waals surface area contributed by atoms with Crippen LogP contribution in [0.15, 0.2) is 30.5 Å². The van der Waals surface area contributed by atoms with Gasteiger partial charge in [0.05, 0.1) is 23.4 Å². The Balaban J connectivity index is 1.87. The molecule has 1 saturated carbocycles. The second-order valence-electron chi connectivity index (χ2n) is 5.97. The van der Waals surface area contributed by atoms with Crippen LogP contribution in [-0.4, -0.2) is 32.8 Å². The van der Waals surface area contributed by atoms with Gasteiger partial charge in [-0.1, -0.05) is 11.6 Å². The number of carbonyl (C=O) groups is 2. The third kappa shape index (κ3) is 3.52. The maximum Gasteiger partial charge on any atom is 0.434 e. The number of carboxylic acid groups (broad SMARTS) is 1.